The number of nitro benzene ring substituents is 2. The Labute approximate surface area is 208 Å². The summed E-state index contributed by atoms with van der Waals surface area (Å²) in [5.74, 6) is -4.03. The first-order valence-corrected chi connectivity index (χ1v) is 10.5. The highest BCUT2D eigenvalue weighted by atomic mass is 35.5. The van der Waals surface area contributed by atoms with Crippen molar-refractivity contribution in [3.05, 3.63) is 78.8 Å². The van der Waals surface area contributed by atoms with Gasteiger partial charge in [0.05, 0.1) is 9.85 Å². The second kappa shape index (κ2) is 12.2. The van der Waals surface area contributed by atoms with Crippen LogP contribution in [0.25, 0.3) is 0 Å². The van der Waals surface area contributed by atoms with E-state index in [0.717, 1.165) is 12.1 Å². The zero-order chi connectivity index (χ0) is 27.0. The summed E-state index contributed by atoms with van der Waals surface area (Å²) in [5, 5.41) is 24.0. The van der Waals surface area contributed by atoms with Gasteiger partial charge in [-0.15, -0.1) is 0 Å². The molecule has 3 amide bonds. The van der Waals surface area contributed by atoms with Crippen molar-refractivity contribution < 1.29 is 33.8 Å². The highest BCUT2D eigenvalue weighted by molar-refractivity contribution is 6.32. The molecule has 0 aliphatic rings. The number of ether oxygens (including phenoxy) is 1. The van der Waals surface area contributed by atoms with E-state index in [2.05, 4.69) is 5.32 Å². The minimum atomic E-state index is -1.21. The minimum absolute atomic E-state index is 0.0912. The Hall–Kier alpha value is -4.59. The van der Waals surface area contributed by atoms with Crippen LogP contribution >= 0.6 is 11.6 Å². The predicted molar refractivity (Wildman–Crippen MR) is 124 cm³/mol. The van der Waals surface area contributed by atoms with Gasteiger partial charge in [-0.1, -0.05) is 31.5 Å². The van der Waals surface area contributed by atoms with E-state index < -0.39 is 57.8 Å². The number of esters is 1. The number of hydrazine groups is 1. The lowest BCUT2D eigenvalue weighted by Gasteiger charge is -2.20. The molecule has 0 fully saturated rings. The van der Waals surface area contributed by atoms with E-state index >= 15 is 0 Å². The molecule has 0 aliphatic carbocycles. The molecule has 0 saturated carbocycles. The number of hydrogen-bond donors (Lipinski definition) is 3. The third-order valence-electron chi connectivity index (χ3n) is 4.59. The number of carbonyl (C=O) groups excluding carboxylic acids is 4. The largest absolute Gasteiger partial charge is 0.454 e. The first kappa shape index (κ1) is 27.7. The minimum Gasteiger partial charge on any atom is -0.454 e. The van der Waals surface area contributed by atoms with E-state index in [1.54, 1.807) is 13.8 Å². The number of hydrogen-bond acceptors (Lipinski definition) is 9. The molecular formula is C21H20ClN5O9. The zero-order valence-corrected chi connectivity index (χ0v) is 19.6. The standard InChI is InChI=1S/C21H20ClN5O9/c1-11(2)18(23-19(29)13-6-7-15(22)16(9-13)27(34)35)21(31)36-10-17(28)24-25-20(30)12-4-3-5-14(8-12)26(32)33/h3-9,11,18H,10H2,1-2H3,(H,23,29)(H,24,28)(H,25,30)/t18-/m0/s1. The number of amides is 3. The molecule has 0 radical (unpaired) electrons. The molecule has 36 heavy (non-hydrogen) atoms. The fourth-order valence-corrected chi connectivity index (χ4v) is 2.92. The molecule has 0 heterocycles. The first-order chi connectivity index (χ1) is 16.9. The van der Waals surface area contributed by atoms with Gasteiger partial charge in [-0.05, 0) is 24.1 Å². The average Bonchev–Trinajstić information content (AvgIpc) is 2.84. The molecule has 2 aromatic carbocycles. The molecule has 2 rings (SSSR count). The van der Waals surface area contributed by atoms with Crippen LogP contribution in [-0.2, 0) is 14.3 Å². The Morgan fingerprint density at radius 3 is 2.22 bits per heavy atom. The summed E-state index contributed by atoms with van der Waals surface area (Å²) < 4.78 is 4.90. The monoisotopic (exact) mass is 521 g/mol. The van der Waals surface area contributed by atoms with Crippen LogP contribution in [0.15, 0.2) is 42.5 Å². The quantitative estimate of drug-likeness (QED) is 0.250. The van der Waals surface area contributed by atoms with E-state index in [9.17, 15) is 39.4 Å². The van der Waals surface area contributed by atoms with Gasteiger partial charge in [0.1, 0.15) is 11.1 Å². The van der Waals surface area contributed by atoms with Crippen molar-refractivity contribution in [3.63, 3.8) is 0 Å². The molecule has 0 spiro atoms. The smallest absolute Gasteiger partial charge is 0.329 e. The maximum absolute atomic E-state index is 12.5. The average molecular weight is 522 g/mol. The van der Waals surface area contributed by atoms with E-state index in [4.69, 9.17) is 16.3 Å². The van der Waals surface area contributed by atoms with Crippen molar-refractivity contribution in [2.24, 2.45) is 5.92 Å². The molecule has 2 aromatic rings. The number of halogens is 1. The van der Waals surface area contributed by atoms with Gasteiger partial charge in [0.25, 0.3) is 29.1 Å². The van der Waals surface area contributed by atoms with Gasteiger partial charge in [-0.2, -0.15) is 0 Å². The number of benzene rings is 2. The summed E-state index contributed by atoms with van der Waals surface area (Å²) in [6.07, 6.45) is 0. The van der Waals surface area contributed by atoms with Gasteiger partial charge in [-0.25, -0.2) is 4.79 Å². The highest BCUT2D eigenvalue weighted by Crippen LogP contribution is 2.25. The fourth-order valence-electron chi connectivity index (χ4n) is 2.74. The van der Waals surface area contributed by atoms with E-state index in [1.807, 2.05) is 10.9 Å². The number of nitro groups is 2. The first-order valence-electron chi connectivity index (χ1n) is 10.2. The van der Waals surface area contributed by atoms with Crippen LogP contribution in [0.2, 0.25) is 5.02 Å². The zero-order valence-electron chi connectivity index (χ0n) is 18.8. The van der Waals surface area contributed by atoms with Gasteiger partial charge in [0, 0.05) is 29.3 Å². The third-order valence-corrected chi connectivity index (χ3v) is 4.91. The SMILES string of the molecule is CC(C)[C@H](NC(=O)c1ccc(Cl)c([N+](=O)[O-])c1)C(=O)OCC(=O)NNC(=O)c1cccc([N+](=O)[O-])c1. The van der Waals surface area contributed by atoms with Crippen LogP contribution < -0.4 is 16.2 Å². The van der Waals surface area contributed by atoms with Gasteiger partial charge < -0.3 is 10.1 Å². The highest BCUT2D eigenvalue weighted by Gasteiger charge is 2.28. The molecule has 0 saturated heterocycles. The van der Waals surface area contributed by atoms with E-state index in [-0.39, 0.29) is 21.8 Å². The number of rotatable bonds is 9. The molecule has 15 heteroatoms. The van der Waals surface area contributed by atoms with E-state index in [1.165, 1.54) is 30.3 Å². The second-order valence-electron chi connectivity index (χ2n) is 7.54. The van der Waals surface area contributed by atoms with Crippen molar-refractivity contribution >= 4 is 46.7 Å². The Balaban J connectivity index is 1.93. The molecule has 0 unspecified atom stereocenters. The van der Waals surface area contributed by atoms with Gasteiger partial charge >= 0.3 is 5.97 Å². The van der Waals surface area contributed by atoms with Crippen molar-refractivity contribution in [2.45, 2.75) is 19.9 Å². The molecule has 0 aliphatic heterocycles. The summed E-state index contributed by atoms with van der Waals surface area (Å²) in [5.41, 5.74) is 3.00. The summed E-state index contributed by atoms with van der Waals surface area (Å²) >= 11 is 5.73. The van der Waals surface area contributed by atoms with Crippen LogP contribution in [0, 0.1) is 26.1 Å². The van der Waals surface area contributed by atoms with E-state index in [0.29, 0.717) is 0 Å². The van der Waals surface area contributed by atoms with Crippen LogP contribution in [0.3, 0.4) is 0 Å². The van der Waals surface area contributed by atoms with Crippen LogP contribution in [0.1, 0.15) is 34.6 Å². The Bertz CT molecular complexity index is 1220. The fraction of sp³-hybridized carbons (Fsp3) is 0.238. The van der Waals surface area contributed by atoms with Crippen molar-refractivity contribution in [1.29, 1.82) is 0 Å². The molecule has 190 valence electrons. The maximum Gasteiger partial charge on any atom is 0.329 e. The molecule has 0 bridgehead atoms. The number of nitrogens with one attached hydrogen (secondary N) is 3. The van der Waals surface area contributed by atoms with Crippen LogP contribution in [0.4, 0.5) is 11.4 Å². The topological polar surface area (TPSA) is 200 Å². The molecule has 0 aromatic heterocycles. The predicted octanol–water partition coefficient (Wildman–Crippen LogP) is 1.92. The normalized spacial score (nSPS) is 11.2. The summed E-state index contributed by atoms with van der Waals surface area (Å²) in [6, 6.07) is 6.93. The van der Waals surface area contributed by atoms with Crippen molar-refractivity contribution in [3.8, 4) is 0 Å². The summed E-state index contributed by atoms with van der Waals surface area (Å²) in [6.45, 7) is 2.37. The van der Waals surface area contributed by atoms with Gasteiger partial charge in [0.2, 0.25) is 0 Å². The van der Waals surface area contributed by atoms with Crippen LogP contribution in [-0.4, -0.2) is 46.2 Å². The maximum atomic E-state index is 12.5. The Morgan fingerprint density at radius 1 is 0.944 bits per heavy atom. The lowest BCUT2D eigenvalue weighted by atomic mass is 10.0. The molecule has 1 atom stereocenters. The Kier molecular flexibility index (Phi) is 9.38. The second-order valence-corrected chi connectivity index (χ2v) is 7.94. The van der Waals surface area contributed by atoms with Crippen molar-refractivity contribution in [2.75, 3.05) is 6.61 Å². The van der Waals surface area contributed by atoms with Gasteiger partial charge in [0.15, 0.2) is 6.61 Å². The lowest BCUT2D eigenvalue weighted by Crippen LogP contribution is -2.47. The number of non-ortho nitro benzene ring substituents is 1. The number of nitrogens with zero attached hydrogens (tertiary/aromatic N) is 2. The Morgan fingerprint density at radius 2 is 1.61 bits per heavy atom. The third kappa shape index (κ3) is 7.46. The molecule has 14 nitrogen and oxygen atoms in total. The lowest BCUT2D eigenvalue weighted by molar-refractivity contribution is -0.385. The summed E-state index contributed by atoms with van der Waals surface area (Å²) in [7, 11) is 0. The van der Waals surface area contributed by atoms with Crippen molar-refractivity contribution in [1.82, 2.24) is 16.2 Å². The van der Waals surface area contributed by atoms with Gasteiger partial charge in [-0.3, -0.25) is 45.5 Å². The number of carbonyl (C=O) groups is 4. The molecule has 3 N–H and O–H groups in total. The molecular weight excluding hydrogens is 502 g/mol. The summed E-state index contributed by atoms with van der Waals surface area (Å²) in [4.78, 5) is 69.3. The van der Waals surface area contributed by atoms with Crippen LogP contribution in [0.5, 0.6) is 0 Å².